The van der Waals surface area contributed by atoms with E-state index in [2.05, 4.69) is 33.2 Å². The number of anilines is 1. The Balaban J connectivity index is 1.92. The van der Waals surface area contributed by atoms with E-state index in [0.29, 0.717) is 6.54 Å². The first-order valence-corrected chi connectivity index (χ1v) is 6.95. The van der Waals surface area contributed by atoms with Crippen molar-refractivity contribution in [3.05, 3.63) is 22.8 Å². The van der Waals surface area contributed by atoms with E-state index in [0.717, 1.165) is 41.9 Å². The van der Waals surface area contributed by atoms with Crippen molar-refractivity contribution >= 4 is 21.7 Å². The van der Waals surface area contributed by atoms with Crippen LogP contribution in [0, 0.1) is 5.92 Å². The molecule has 2 rings (SSSR count). The minimum atomic E-state index is -0.566. The molecule has 2 N–H and O–H groups in total. The van der Waals surface area contributed by atoms with E-state index in [1.807, 2.05) is 12.1 Å². The summed E-state index contributed by atoms with van der Waals surface area (Å²) in [7, 11) is 0. The molecule has 1 fully saturated rings. The Morgan fingerprint density at radius 3 is 2.88 bits per heavy atom. The molecule has 94 valence electrons. The maximum Gasteiger partial charge on any atom is 0.140 e. The number of nitrogens with one attached hydrogen (secondary N) is 1. The van der Waals surface area contributed by atoms with Gasteiger partial charge < -0.3 is 10.4 Å². The lowest BCUT2D eigenvalue weighted by molar-refractivity contribution is 0.00494. The number of pyridine rings is 1. The number of aromatic nitrogens is 1. The van der Waals surface area contributed by atoms with E-state index in [-0.39, 0.29) is 0 Å². The largest absolute Gasteiger partial charge is 0.388 e. The van der Waals surface area contributed by atoms with Gasteiger partial charge in [-0.25, -0.2) is 4.98 Å². The van der Waals surface area contributed by atoms with Crippen LogP contribution in [-0.2, 0) is 0 Å². The molecule has 0 unspecified atom stereocenters. The quantitative estimate of drug-likeness (QED) is 0.901. The van der Waals surface area contributed by atoms with Gasteiger partial charge in [0.25, 0.3) is 0 Å². The summed E-state index contributed by atoms with van der Waals surface area (Å²) in [6, 6.07) is 3.83. The molecule has 1 heterocycles. The van der Waals surface area contributed by atoms with Crippen molar-refractivity contribution in [2.24, 2.45) is 5.92 Å². The van der Waals surface area contributed by atoms with Gasteiger partial charge in [-0.15, -0.1) is 0 Å². The Labute approximate surface area is 111 Å². The Bertz CT molecular complexity index is 375. The maximum atomic E-state index is 10.4. The smallest absolute Gasteiger partial charge is 0.140 e. The monoisotopic (exact) mass is 298 g/mol. The van der Waals surface area contributed by atoms with Crippen LogP contribution in [0.3, 0.4) is 0 Å². The fraction of sp³-hybridized carbons (Fsp3) is 0.615. The average Bonchev–Trinajstić information content (AvgIpc) is 2.33. The van der Waals surface area contributed by atoms with Gasteiger partial charge in [0, 0.05) is 12.7 Å². The first-order chi connectivity index (χ1) is 8.09. The van der Waals surface area contributed by atoms with Crippen LogP contribution in [-0.4, -0.2) is 22.2 Å². The third-order valence-corrected chi connectivity index (χ3v) is 4.19. The number of hydrogen-bond donors (Lipinski definition) is 2. The second-order valence-electron chi connectivity index (χ2n) is 5.09. The van der Waals surface area contributed by atoms with Crippen molar-refractivity contribution in [2.45, 2.75) is 38.2 Å². The van der Waals surface area contributed by atoms with E-state index in [9.17, 15) is 5.11 Å². The molecule has 1 saturated carbocycles. The van der Waals surface area contributed by atoms with Gasteiger partial charge in [-0.3, -0.25) is 0 Å². The SMILES string of the molecule is CC1CCC(O)(CNc2ncccc2Br)CC1. The Kier molecular flexibility index (Phi) is 4.05. The van der Waals surface area contributed by atoms with Crippen molar-refractivity contribution in [2.75, 3.05) is 11.9 Å². The number of nitrogens with zero attached hydrogens (tertiary/aromatic N) is 1. The molecular formula is C13H19BrN2O. The summed E-state index contributed by atoms with van der Waals surface area (Å²) in [5.41, 5.74) is -0.566. The number of hydrogen-bond acceptors (Lipinski definition) is 3. The van der Waals surface area contributed by atoms with E-state index >= 15 is 0 Å². The number of rotatable bonds is 3. The standard InChI is InChI=1S/C13H19BrN2O/c1-10-4-6-13(17,7-5-10)9-16-12-11(14)3-2-8-15-12/h2-3,8,10,17H,4-7,9H2,1H3,(H,15,16). The first-order valence-electron chi connectivity index (χ1n) is 6.16. The molecule has 4 heteroatoms. The van der Waals surface area contributed by atoms with Gasteiger partial charge in [0.15, 0.2) is 0 Å². The number of aliphatic hydroxyl groups is 1. The van der Waals surface area contributed by atoms with Gasteiger partial charge in [0.2, 0.25) is 0 Å². The van der Waals surface area contributed by atoms with Gasteiger partial charge in [-0.2, -0.15) is 0 Å². The lowest BCUT2D eigenvalue weighted by Gasteiger charge is -2.35. The predicted molar refractivity (Wildman–Crippen MR) is 73.0 cm³/mol. The zero-order valence-corrected chi connectivity index (χ0v) is 11.7. The zero-order valence-electron chi connectivity index (χ0n) is 10.1. The van der Waals surface area contributed by atoms with Gasteiger partial charge in [0.1, 0.15) is 5.82 Å². The lowest BCUT2D eigenvalue weighted by Crippen LogP contribution is -2.40. The average molecular weight is 299 g/mol. The van der Waals surface area contributed by atoms with Crippen LogP contribution >= 0.6 is 15.9 Å². The zero-order chi connectivity index (χ0) is 12.3. The molecule has 0 saturated heterocycles. The molecule has 17 heavy (non-hydrogen) atoms. The Hall–Kier alpha value is -0.610. The fourth-order valence-corrected chi connectivity index (χ4v) is 2.64. The highest BCUT2D eigenvalue weighted by Crippen LogP contribution is 2.32. The van der Waals surface area contributed by atoms with Crippen LogP contribution in [0.15, 0.2) is 22.8 Å². The summed E-state index contributed by atoms with van der Waals surface area (Å²) in [4.78, 5) is 4.24. The van der Waals surface area contributed by atoms with Gasteiger partial charge in [0.05, 0.1) is 10.1 Å². The molecule has 0 aromatic carbocycles. The summed E-state index contributed by atoms with van der Waals surface area (Å²) >= 11 is 3.44. The van der Waals surface area contributed by atoms with E-state index < -0.39 is 5.60 Å². The highest BCUT2D eigenvalue weighted by molar-refractivity contribution is 9.10. The lowest BCUT2D eigenvalue weighted by atomic mass is 9.79. The summed E-state index contributed by atoms with van der Waals surface area (Å²) < 4.78 is 0.938. The summed E-state index contributed by atoms with van der Waals surface area (Å²) in [6.07, 6.45) is 5.74. The minimum Gasteiger partial charge on any atom is -0.388 e. The highest BCUT2D eigenvalue weighted by atomic mass is 79.9. The van der Waals surface area contributed by atoms with Gasteiger partial charge in [-0.05, 0) is 59.7 Å². The van der Waals surface area contributed by atoms with Gasteiger partial charge >= 0.3 is 0 Å². The molecule has 0 amide bonds. The first kappa shape index (κ1) is 12.8. The molecule has 0 aliphatic heterocycles. The van der Waals surface area contributed by atoms with Crippen molar-refractivity contribution in [1.82, 2.24) is 4.98 Å². The molecule has 3 nitrogen and oxygen atoms in total. The topological polar surface area (TPSA) is 45.1 Å². The molecule has 1 aliphatic carbocycles. The molecular weight excluding hydrogens is 280 g/mol. The maximum absolute atomic E-state index is 10.4. The molecule has 1 aromatic rings. The van der Waals surface area contributed by atoms with E-state index in [4.69, 9.17) is 0 Å². The van der Waals surface area contributed by atoms with Crippen LogP contribution in [0.4, 0.5) is 5.82 Å². The summed E-state index contributed by atoms with van der Waals surface area (Å²) in [5, 5.41) is 13.7. The van der Waals surface area contributed by atoms with Crippen molar-refractivity contribution in [1.29, 1.82) is 0 Å². The highest BCUT2D eigenvalue weighted by Gasteiger charge is 2.31. The summed E-state index contributed by atoms with van der Waals surface area (Å²) in [6.45, 7) is 2.83. The second-order valence-corrected chi connectivity index (χ2v) is 5.95. The molecule has 1 aliphatic rings. The van der Waals surface area contributed by atoms with Crippen molar-refractivity contribution in [3.63, 3.8) is 0 Å². The van der Waals surface area contributed by atoms with Crippen molar-refractivity contribution < 1.29 is 5.11 Å². The predicted octanol–water partition coefficient (Wildman–Crippen LogP) is 3.20. The van der Waals surface area contributed by atoms with E-state index in [1.54, 1.807) is 6.20 Å². The normalized spacial score (nSPS) is 29.0. The van der Waals surface area contributed by atoms with Crippen LogP contribution in [0.5, 0.6) is 0 Å². The third-order valence-electron chi connectivity index (χ3n) is 3.55. The molecule has 0 radical (unpaired) electrons. The van der Waals surface area contributed by atoms with Crippen LogP contribution in [0.2, 0.25) is 0 Å². The van der Waals surface area contributed by atoms with Crippen molar-refractivity contribution in [3.8, 4) is 0 Å². The minimum absolute atomic E-state index is 0.566. The van der Waals surface area contributed by atoms with Crippen LogP contribution < -0.4 is 5.32 Å². The van der Waals surface area contributed by atoms with Gasteiger partial charge in [-0.1, -0.05) is 6.92 Å². The number of halogens is 1. The van der Waals surface area contributed by atoms with Crippen LogP contribution in [0.25, 0.3) is 0 Å². The van der Waals surface area contributed by atoms with Crippen LogP contribution in [0.1, 0.15) is 32.6 Å². The fourth-order valence-electron chi connectivity index (χ4n) is 2.24. The molecule has 0 atom stereocenters. The summed E-state index contributed by atoms with van der Waals surface area (Å²) in [5.74, 6) is 1.55. The Morgan fingerprint density at radius 2 is 2.24 bits per heavy atom. The Morgan fingerprint density at radius 1 is 1.53 bits per heavy atom. The molecule has 0 spiro atoms. The molecule has 1 aromatic heterocycles. The van der Waals surface area contributed by atoms with E-state index in [1.165, 1.54) is 0 Å². The third kappa shape index (κ3) is 3.42. The molecule has 0 bridgehead atoms. The second kappa shape index (κ2) is 5.36.